The van der Waals surface area contributed by atoms with Crippen LogP contribution in [0.3, 0.4) is 0 Å². The largest absolute Gasteiger partial charge is 0.508 e. The van der Waals surface area contributed by atoms with Gasteiger partial charge in [0.2, 0.25) is 0 Å². The van der Waals surface area contributed by atoms with Gasteiger partial charge < -0.3 is 15.2 Å². The molecule has 2 N–H and O–H groups in total. The number of phenols is 1. The second-order valence-electron chi connectivity index (χ2n) is 4.57. The molecule has 0 unspecified atom stereocenters. The first kappa shape index (κ1) is 14.7. The molecule has 0 aliphatic rings. The Balaban J connectivity index is 2.01. The molecule has 2 aromatic rings. The Morgan fingerprint density at radius 2 is 1.90 bits per heavy atom. The van der Waals surface area contributed by atoms with Gasteiger partial charge >= 0.3 is 0 Å². The first-order valence-corrected chi connectivity index (χ1v) is 6.51. The number of aryl methyl sites for hydroxylation is 1. The van der Waals surface area contributed by atoms with Gasteiger partial charge in [0.05, 0.1) is 7.11 Å². The number of allylic oxidation sites excluding steroid dienone is 1. The van der Waals surface area contributed by atoms with Gasteiger partial charge in [0.1, 0.15) is 11.5 Å². The summed E-state index contributed by atoms with van der Waals surface area (Å²) in [5.74, 6) is 0.839. The van der Waals surface area contributed by atoms with Crippen molar-refractivity contribution in [3.8, 4) is 11.5 Å². The van der Waals surface area contributed by atoms with Gasteiger partial charge in [-0.1, -0.05) is 0 Å². The molecule has 0 saturated carbocycles. The summed E-state index contributed by atoms with van der Waals surface area (Å²) in [5.41, 5.74) is 2.33. The second kappa shape index (κ2) is 6.61. The number of nitrogens with one attached hydrogen (secondary N) is 1. The maximum Gasteiger partial charge on any atom is 0.187 e. The first-order chi connectivity index (χ1) is 10.1. The molecule has 0 heterocycles. The molecule has 0 radical (unpaired) electrons. The zero-order valence-electron chi connectivity index (χ0n) is 12.0. The number of ether oxygens (including phenoxy) is 1. The summed E-state index contributed by atoms with van der Waals surface area (Å²) in [6.45, 7) is 1.88. The van der Waals surface area contributed by atoms with Crippen molar-refractivity contribution in [1.29, 1.82) is 0 Å². The van der Waals surface area contributed by atoms with Crippen LogP contribution in [0.5, 0.6) is 11.5 Å². The third-order valence-corrected chi connectivity index (χ3v) is 3.06. The van der Waals surface area contributed by atoms with Gasteiger partial charge in [-0.05, 0) is 55.0 Å². The lowest BCUT2D eigenvalue weighted by atomic mass is 10.1. The zero-order chi connectivity index (χ0) is 15.2. The van der Waals surface area contributed by atoms with E-state index in [-0.39, 0.29) is 11.5 Å². The highest BCUT2D eigenvalue weighted by Crippen LogP contribution is 2.20. The SMILES string of the molecule is COc1ccc(C(=O)C=CNc2ccc(O)cc2C)cc1. The molecule has 0 spiro atoms. The number of carbonyl (C=O) groups is 1. The molecule has 0 atom stereocenters. The maximum atomic E-state index is 12.0. The number of rotatable bonds is 5. The Labute approximate surface area is 123 Å². The molecule has 0 aliphatic heterocycles. The van der Waals surface area contributed by atoms with Crippen LogP contribution in [-0.2, 0) is 0 Å². The minimum Gasteiger partial charge on any atom is -0.508 e. The molecule has 4 heteroatoms. The summed E-state index contributed by atoms with van der Waals surface area (Å²) in [5, 5.41) is 12.4. The van der Waals surface area contributed by atoms with Gasteiger partial charge in [-0.2, -0.15) is 0 Å². The molecule has 0 saturated heterocycles. The fourth-order valence-electron chi connectivity index (χ4n) is 1.87. The highest BCUT2D eigenvalue weighted by atomic mass is 16.5. The Hall–Kier alpha value is -2.75. The van der Waals surface area contributed by atoms with Gasteiger partial charge in [-0.15, -0.1) is 0 Å². The van der Waals surface area contributed by atoms with E-state index in [0.29, 0.717) is 11.3 Å². The Morgan fingerprint density at radius 3 is 2.52 bits per heavy atom. The van der Waals surface area contributed by atoms with E-state index in [9.17, 15) is 9.90 Å². The van der Waals surface area contributed by atoms with Crippen molar-refractivity contribution in [2.24, 2.45) is 0 Å². The molecular formula is C17H17NO3. The van der Waals surface area contributed by atoms with Crippen LogP contribution < -0.4 is 10.1 Å². The molecule has 0 bridgehead atoms. The standard InChI is InChI=1S/C17H17NO3/c1-12-11-14(19)5-8-16(12)18-10-9-17(20)13-3-6-15(21-2)7-4-13/h3-11,18-19H,1-2H3. The number of benzene rings is 2. The number of hydrogen-bond acceptors (Lipinski definition) is 4. The van der Waals surface area contributed by atoms with Gasteiger partial charge in [-0.3, -0.25) is 4.79 Å². The van der Waals surface area contributed by atoms with Crippen molar-refractivity contribution in [3.05, 3.63) is 65.9 Å². The van der Waals surface area contributed by atoms with Crippen molar-refractivity contribution in [2.45, 2.75) is 6.92 Å². The molecule has 0 aromatic heterocycles. The van der Waals surface area contributed by atoms with Crippen molar-refractivity contribution in [3.63, 3.8) is 0 Å². The predicted octanol–water partition coefficient (Wildman–Crippen LogP) is 3.52. The number of anilines is 1. The number of phenolic OH excluding ortho intramolecular Hbond substituents is 1. The average Bonchev–Trinajstić information content (AvgIpc) is 2.49. The van der Waals surface area contributed by atoms with Gasteiger partial charge in [-0.25, -0.2) is 0 Å². The van der Waals surface area contributed by atoms with Crippen LogP contribution >= 0.6 is 0 Å². The monoisotopic (exact) mass is 283 g/mol. The molecule has 0 amide bonds. The van der Waals surface area contributed by atoms with Crippen molar-refractivity contribution < 1.29 is 14.6 Å². The molecule has 2 rings (SSSR count). The number of hydrogen-bond donors (Lipinski definition) is 2. The lowest BCUT2D eigenvalue weighted by molar-refractivity contribution is 0.104. The second-order valence-corrected chi connectivity index (χ2v) is 4.57. The molecule has 108 valence electrons. The molecule has 0 aliphatic carbocycles. The normalized spacial score (nSPS) is 10.6. The Morgan fingerprint density at radius 1 is 1.19 bits per heavy atom. The third-order valence-electron chi connectivity index (χ3n) is 3.06. The van der Waals surface area contributed by atoms with E-state index < -0.39 is 0 Å². The lowest BCUT2D eigenvalue weighted by Crippen LogP contribution is -1.97. The van der Waals surface area contributed by atoms with Crippen molar-refractivity contribution >= 4 is 11.5 Å². The van der Waals surface area contributed by atoms with Crippen molar-refractivity contribution in [1.82, 2.24) is 0 Å². The van der Waals surface area contributed by atoms with Crippen LogP contribution in [0.25, 0.3) is 0 Å². The highest BCUT2D eigenvalue weighted by molar-refractivity contribution is 6.04. The van der Waals surface area contributed by atoms with E-state index in [2.05, 4.69) is 5.32 Å². The van der Waals surface area contributed by atoms with Crippen molar-refractivity contribution in [2.75, 3.05) is 12.4 Å². The van der Waals surface area contributed by atoms with E-state index in [0.717, 1.165) is 11.3 Å². The van der Waals surface area contributed by atoms with Gasteiger partial charge in [0.25, 0.3) is 0 Å². The summed E-state index contributed by atoms with van der Waals surface area (Å²) in [6, 6.07) is 11.9. The van der Waals surface area contributed by atoms with Crippen LogP contribution in [-0.4, -0.2) is 18.0 Å². The molecule has 0 fully saturated rings. The Bertz CT molecular complexity index is 660. The smallest absolute Gasteiger partial charge is 0.187 e. The summed E-state index contributed by atoms with van der Waals surface area (Å²) < 4.78 is 5.05. The molecular weight excluding hydrogens is 266 g/mol. The van der Waals surface area contributed by atoms with Crippen LogP contribution in [0.2, 0.25) is 0 Å². The minimum atomic E-state index is -0.0958. The van der Waals surface area contributed by atoms with E-state index in [1.165, 1.54) is 6.08 Å². The topological polar surface area (TPSA) is 58.6 Å². The minimum absolute atomic E-state index is 0.0958. The number of ketones is 1. The number of carbonyl (C=O) groups excluding carboxylic acids is 1. The summed E-state index contributed by atoms with van der Waals surface area (Å²) in [7, 11) is 1.58. The molecule has 2 aromatic carbocycles. The van der Waals surface area contributed by atoms with E-state index in [4.69, 9.17) is 4.74 Å². The molecule has 21 heavy (non-hydrogen) atoms. The quantitative estimate of drug-likeness (QED) is 0.501. The fourth-order valence-corrected chi connectivity index (χ4v) is 1.87. The van der Waals surface area contributed by atoms with Crippen LogP contribution in [0, 0.1) is 6.92 Å². The maximum absolute atomic E-state index is 12.0. The summed E-state index contributed by atoms with van der Waals surface area (Å²) in [4.78, 5) is 12.0. The van der Waals surface area contributed by atoms with Crippen LogP contribution in [0.1, 0.15) is 15.9 Å². The summed E-state index contributed by atoms with van der Waals surface area (Å²) >= 11 is 0. The zero-order valence-corrected chi connectivity index (χ0v) is 12.0. The third kappa shape index (κ3) is 3.86. The Kier molecular flexibility index (Phi) is 4.61. The van der Waals surface area contributed by atoms with Crippen LogP contribution in [0.4, 0.5) is 5.69 Å². The van der Waals surface area contributed by atoms with Crippen LogP contribution in [0.15, 0.2) is 54.7 Å². The highest BCUT2D eigenvalue weighted by Gasteiger charge is 2.02. The van der Waals surface area contributed by atoms with E-state index >= 15 is 0 Å². The average molecular weight is 283 g/mol. The predicted molar refractivity (Wildman–Crippen MR) is 82.9 cm³/mol. The molecule has 4 nitrogen and oxygen atoms in total. The summed E-state index contributed by atoms with van der Waals surface area (Å²) in [6.07, 6.45) is 3.06. The van der Waals surface area contributed by atoms with Gasteiger partial charge in [0.15, 0.2) is 5.78 Å². The fraction of sp³-hybridized carbons (Fsp3) is 0.118. The lowest BCUT2D eigenvalue weighted by Gasteiger charge is -2.05. The number of aromatic hydroxyl groups is 1. The first-order valence-electron chi connectivity index (χ1n) is 6.51. The van der Waals surface area contributed by atoms with Gasteiger partial charge in [0, 0.05) is 23.5 Å². The van der Waals surface area contributed by atoms with E-state index in [1.54, 1.807) is 55.8 Å². The van der Waals surface area contributed by atoms with E-state index in [1.807, 2.05) is 6.92 Å². The number of methoxy groups -OCH3 is 1.